The van der Waals surface area contributed by atoms with E-state index >= 15 is 0 Å². The molecule has 0 aliphatic rings. The van der Waals surface area contributed by atoms with Crippen LogP contribution >= 0.6 is 0 Å². The summed E-state index contributed by atoms with van der Waals surface area (Å²) in [5.41, 5.74) is 5.04. The molecular formula is C26H28N2O3. The molecular weight excluding hydrogens is 388 g/mol. The lowest BCUT2D eigenvalue weighted by Gasteiger charge is -2.13. The Morgan fingerprint density at radius 3 is 2.19 bits per heavy atom. The van der Waals surface area contributed by atoms with E-state index in [1.807, 2.05) is 62.6 Å². The standard InChI is InChI=1S/C26H28N2O3/c1-28(2)16-4-5-22-17-23(12-15-25(22)31-3)26(30)27-24-13-10-21(11-14-24)20-8-6-19(18-29)7-9-20/h6-15,17-18H,4-5,16H2,1-3H3,(H,27,30). The van der Waals surface area contributed by atoms with Crippen molar-refractivity contribution in [3.63, 3.8) is 0 Å². The van der Waals surface area contributed by atoms with Crippen LogP contribution in [0.2, 0.25) is 0 Å². The molecule has 5 nitrogen and oxygen atoms in total. The molecule has 0 bridgehead atoms. The number of amides is 1. The fourth-order valence-corrected chi connectivity index (χ4v) is 3.40. The molecule has 0 aromatic heterocycles. The van der Waals surface area contributed by atoms with Gasteiger partial charge < -0.3 is 15.0 Å². The molecule has 0 atom stereocenters. The topological polar surface area (TPSA) is 58.6 Å². The van der Waals surface area contributed by atoms with E-state index < -0.39 is 0 Å². The van der Waals surface area contributed by atoms with Crippen LogP contribution in [0.1, 0.15) is 32.7 Å². The third-order valence-electron chi connectivity index (χ3n) is 5.12. The van der Waals surface area contributed by atoms with Crippen LogP contribution < -0.4 is 10.1 Å². The third-order valence-corrected chi connectivity index (χ3v) is 5.12. The van der Waals surface area contributed by atoms with Crippen LogP contribution in [0.5, 0.6) is 5.75 Å². The number of carbonyl (C=O) groups excluding carboxylic acids is 2. The lowest BCUT2D eigenvalue weighted by Crippen LogP contribution is -2.14. The molecule has 160 valence electrons. The summed E-state index contributed by atoms with van der Waals surface area (Å²) in [7, 11) is 5.75. The highest BCUT2D eigenvalue weighted by Crippen LogP contribution is 2.24. The first-order valence-corrected chi connectivity index (χ1v) is 10.3. The van der Waals surface area contributed by atoms with Gasteiger partial charge in [-0.2, -0.15) is 0 Å². The van der Waals surface area contributed by atoms with E-state index in [1.165, 1.54) is 0 Å². The summed E-state index contributed by atoms with van der Waals surface area (Å²) in [5.74, 6) is 0.653. The molecule has 1 N–H and O–H groups in total. The smallest absolute Gasteiger partial charge is 0.255 e. The van der Waals surface area contributed by atoms with Crippen LogP contribution in [0.4, 0.5) is 5.69 Å². The van der Waals surface area contributed by atoms with Gasteiger partial charge in [-0.15, -0.1) is 0 Å². The number of hydrogen-bond acceptors (Lipinski definition) is 4. The zero-order chi connectivity index (χ0) is 22.2. The quantitative estimate of drug-likeness (QED) is 0.503. The molecule has 5 heteroatoms. The summed E-state index contributed by atoms with van der Waals surface area (Å²) in [4.78, 5) is 25.7. The third kappa shape index (κ3) is 6.03. The summed E-state index contributed by atoms with van der Waals surface area (Å²) >= 11 is 0. The van der Waals surface area contributed by atoms with Gasteiger partial charge >= 0.3 is 0 Å². The second-order valence-corrected chi connectivity index (χ2v) is 7.70. The molecule has 0 fully saturated rings. The first-order valence-electron chi connectivity index (χ1n) is 10.3. The number of aryl methyl sites for hydroxylation is 1. The van der Waals surface area contributed by atoms with Gasteiger partial charge in [0, 0.05) is 16.8 Å². The number of carbonyl (C=O) groups is 2. The Bertz CT molecular complexity index is 1030. The number of aldehydes is 1. The molecule has 3 rings (SSSR count). The van der Waals surface area contributed by atoms with Gasteiger partial charge in [-0.05, 0) is 80.5 Å². The number of anilines is 1. The summed E-state index contributed by atoms with van der Waals surface area (Å²) in [6.45, 7) is 0.976. The van der Waals surface area contributed by atoms with Gasteiger partial charge in [0.15, 0.2) is 0 Å². The number of ether oxygens (including phenoxy) is 1. The Labute approximate surface area is 183 Å². The van der Waals surface area contributed by atoms with E-state index in [9.17, 15) is 9.59 Å². The molecule has 1 amide bonds. The van der Waals surface area contributed by atoms with Crippen molar-refractivity contribution in [3.8, 4) is 16.9 Å². The Balaban J connectivity index is 1.69. The summed E-state index contributed by atoms with van der Waals surface area (Å²) in [5, 5.41) is 2.96. The molecule has 0 aliphatic carbocycles. The fourth-order valence-electron chi connectivity index (χ4n) is 3.40. The average molecular weight is 417 g/mol. The molecule has 0 aliphatic heterocycles. The minimum atomic E-state index is -0.153. The molecule has 0 radical (unpaired) electrons. The van der Waals surface area contributed by atoms with Gasteiger partial charge in [0.2, 0.25) is 0 Å². The van der Waals surface area contributed by atoms with Crippen molar-refractivity contribution in [2.75, 3.05) is 33.1 Å². The zero-order valence-electron chi connectivity index (χ0n) is 18.2. The van der Waals surface area contributed by atoms with E-state index in [0.29, 0.717) is 11.1 Å². The maximum atomic E-state index is 12.8. The van der Waals surface area contributed by atoms with Gasteiger partial charge in [0.05, 0.1) is 7.11 Å². The van der Waals surface area contributed by atoms with Crippen LogP contribution in [-0.2, 0) is 6.42 Å². The van der Waals surface area contributed by atoms with Crippen molar-refractivity contribution >= 4 is 17.9 Å². The second-order valence-electron chi connectivity index (χ2n) is 7.70. The van der Waals surface area contributed by atoms with Gasteiger partial charge in [-0.1, -0.05) is 36.4 Å². The normalized spacial score (nSPS) is 10.7. The van der Waals surface area contributed by atoms with Gasteiger partial charge in [0.1, 0.15) is 12.0 Å². The SMILES string of the molecule is COc1ccc(C(=O)Nc2ccc(-c3ccc(C=O)cc3)cc2)cc1CCCN(C)C. The van der Waals surface area contributed by atoms with E-state index in [4.69, 9.17) is 4.74 Å². The number of nitrogens with zero attached hydrogens (tertiary/aromatic N) is 1. The predicted molar refractivity (Wildman–Crippen MR) is 125 cm³/mol. The maximum Gasteiger partial charge on any atom is 0.255 e. The molecule has 0 spiro atoms. The highest BCUT2D eigenvalue weighted by molar-refractivity contribution is 6.04. The molecule has 0 heterocycles. The highest BCUT2D eigenvalue weighted by Gasteiger charge is 2.11. The van der Waals surface area contributed by atoms with E-state index in [0.717, 1.165) is 53.8 Å². The second kappa shape index (κ2) is 10.5. The average Bonchev–Trinajstić information content (AvgIpc) is 2.79. The van der Waals surface area contributed by atoms with Crippen molar-refractivity contribution in [2.24, 2.45) is 0 Å². The first-order chi connectivity index (χ1) is 15.0. The van der Waals surface area contributed by atoms with Gasteiger partial charge in [0.25, 0.3) is 5.91 Å². The van der Waals surface area contributed by atoms with E-state index in [-0.39, 0.29) is 5.91 Å². The number of hydrogen-bond donors (Lipinski definition) is 1. The van der Waals surface area contributed by atoms with Gasteiger partial charge in [-0.25, -0.2) is 0 Å². The van der Waals surface area contributed by atoms with E-state index in [1.54, 1.807) is 25.3 Å². The van der Waals surface area contributed by atoms with Crippen molar-refractivity contribution in [2.45, 2.75) is 12.8 Å². The van der Waals surface area contributed by atoms with E-state index in [2.05, 4.69) is 10.2 Å². The Hall–Kier alpha value is -3.44. The van der Waals surface area contributed by atoms with Crippen molar-refractivity contribution < 1.29 is 14.3 Å². The summed E-state index contributed by atoms with van der Waals surface area (Å²) in [6.07, 6.45) is 2.67. The monoisotopic (exact) mass is 416 g/mol. The lowest BCUT2D eigenvalue weighted by molar-refractivity contribution is 0.102. The minimum Gasteiger partial charge on any atom is -0.496 e. The zero-order valence-corrected chi connectivity index (χ0v) is 18.2. The van der Waals surface area contributed by atoms with Crippen LogP contribution in [0.25, 0.3) is 11.1 Å². The van der Waals surface area contributed by atoms with Crippen molar-refractivity contribution in [1.29, 1.82) is 0 Å². The number of methoxy groups -OCH3 is 1. The molecule has 31 heavy (non-hydrogen) atoms. The number of benzene rings is 3. The number of nitrogens with one attached hydrogen (secondary N) is 1. The van der Waals surface area contributed by atoms with Gasteiger partial charge in [-0.3, -0.25) is 9.59 Å². The lowest BCUT2D eigenvalue weighted by atomic mass is 10.0. The van der Waals surface area contributed by atoms with Crippen LogP contribution in [0.3, 0.4) is 0 Å². The predicted octanol–water partition coefficient (Wildman–Crippen LogP) is 4.92. The first kappa shape index (κ1) is 22.2. The Morgan fingerprint density at radius 1 is 0.968 bits per heavy atom. The number of rotatable bonds is 9. The van der Waals surface area contributed by atoms with Crippen LogP contribution in [-0.4, -0.2) is 44.8 Å². The molecule has 0 saturated heterocycles. The minimum absolute atomic E-state index is 0.153. The largest absolute Gasteiger partial charge is 0.496 e. The van der Waals surface area contributed by atoms with Crippen molar-refractivity contribution in [1.82, 2.24) is 4.90 Å². The summed E-state index contributed by atoms with van der Waals surface area (Å²) < 4.78 is 5.46. The maximum absolute atomic E-state index is 12.8. The molecule has 0 unspecified atom stereocenters. The summed E-state index contributed by atoms with van der Waals surface area (Å²) in [6, 6.07) is 20.6. The van der Waals surface area contributed by atoms with Crippen LogP contribution in [0.15, 0.2) is 66.7 Å². The highest BCUT2D eigenvalue weighted by atomic mass is 16.5. The van der Waals surface area contributed by atoms with Crippen LogP contribution in [0, 0.1) is 0 Å². The Kier molecular flexibility index (Phi) is 7.57. The molecule has 0 saturated carbocycles. The fraction of sp³-hybridized carbons (Fsp3) is 0.231. The molecule has 3 aromatic carbocycles. The van der Waals surface area contributed by atoms with Crippen molar-refractivity contribution in [3.05, 3.63) is 83.4 Å². The molecule has 3 aromatic rings. The Morgan fingerprint density at radius 2 is 1.61 bits per heavy atom.